The first-order valence-corrected chi connectivity index (χ1v) is 8.40. The van der Waals surface area contributed by atoms with E-state index in [1.165, 1.54) is 0 Å². The molecule has 0 saturated carbocycles. The Bertz CT molecular complexity index is 554. The molecule has 1 aliphatic rings. The van der Waals surface area contributed by atoms with Gasteiger partial charge in [0, 0.05) is 31.9 Å². The van der Waals surface area contributed by atoms with Gasteiger partial charge in [0.25, 0.3) is 5.91 Å². The third-order valence-electron chi connectivity index (χ3n) is 4.16. The van der Waals surface area contributed by atoms with Crippen molar-refractivity contribution in [2.45, 2.75) is 38.9 Å². The standard InChI is InChI=1S/C18H25NO5/c1-2-19(10-7-17(20)21)18(22)16-6-4-3-5-14(16)13-24-15-8-11-23-12-9-15/h3-6,15H,2,7-13H2,1H3,(H,20,21). The van der Waals surface area contributed by atoms with Crippen molar-refractivity contribution in [3.8, 4) is 0 Å². The van der Waals surface area contributed by atoms with Gasteiger partial charge in [-0.15, -0.1) is 0 Å². The van der Waals surface area contributed by atoms with E-state index in [1.807, 2.05) is 25.1 Å². The summed E-state index contributed by atoms with van der Waals surface area (Å²) < 4.78 is 11.2. The lowest BCUT2D eigenvalue weighted by Crippen LogP contribution is -2.33. The number of carboxylic acids is 1. The quantitative estimate of drug-likeness (QED) is 0.789. The van der Waals surface area contributed by atoms with Gasteiger partial charge in [-0.1, -0.05) is 18.2 Å². The second-order valence-electron chi connectivity index (χ2n) is 5.81. The van der Waals surface area contributed by atoms with Crippen LogP contribution < -0.4 is 0 Å². The van der Waals surface area contributed by atoms with Gasteiger partial charge in [-0.25, -0.2) is 0 Å². The number of carbonyl (C=O) groups excluding carboxylic acids is 1. The Labute approximate surface area is 142 Å². The Morgan fingerprint density at radius 2 is 2.00 bits per heavy atom. The summed E-state index contributed by atoms with van der Waals surface area (Å²) in [5, 5.41) is 8.83. The number of hydrogen-bond donors (Lipinski definition) is 1. The first-order chi connectivity index (χ1) is 11.6. The van der Waals surface area contributed by atoms with Crippen LogP contribution in [0, 0.1) is 0 Å². The fraction of sp³-hybridized carbons (Fsp3) is 0.556. The average Bonchev–Trinajstić information content (AvgIpc) is 2.61. The Balaban J connectivity index is 2.02. The van der Waals surface area contributed by atoms with Crippen LogP contribution in [-0.4, -0.2) is 54.3 Å². The van der Waals surface area contributed by atoms with Crippen LogP contribution in [0.5, 0.6) is 0 Å². The maximum Gasteiger partial charge on any atom is 0.305 e. The van der Waals surface area contributed by atoms with Gasteiger partial charge in [0.15, 0.2) is 0 Å². The van der Waals surface area contributed by atoms with E-state index < -0.39 is 5.97 Å². The number of amides is 1. The molecule has 0 aromatic heterocycles. The molecule has 1 aromatic rings. The van der Waals surface area contributed by atoms with E-state index in [0.717, 1.165) is 18.4 Å². The Morgan fingerprint density at radius 1 is 1.29 bits per heavy atom. The van der Waals surface area contributed by atoms with Gasteiger partial charge in [0.05, 0.1) is 19.1 Å². The van der Waals surface area contributed by atoms with Crippen molar-refractivity contribution < 1.29 is 24.2 Å². The molecule has 0 bridgehead atoms. The number of rotatable bonds is 8. The molecule has 1 heterocycles. The van der Waals surface area contributed by atoms with E-state index in [-0.39, 0.29) is 25.0 Å². The topological polar surface area (TPSA) is 76.1 Å². The van der Waals surface area contributed by atoms with E-state index in [2.05, 4.69) is 0 Å². The van der Waals surface area contributed by atoms with E-state index >= 15 is 0 Å². The summed E-state index contributed by atoms with van der Waals surface area (Å²) in [6.45, 7) is 4.33. The monoisotopic (exact) mass is 335 g/mol. The van der Waals surface area contributed by atoms with Crippen LogP contribution in [0.1, 0.15) is 42.1 Å². The summed E-state index contributed by atoms with van der Waals surface area (Å²) >= 11 is 0. The second kappa shape index (κ2) is 9.39. The summed E-state index contributed by atoms with van der Waals surface area (Å²) in [4.78, 5) is 25.0. The third-order valence-corrected chi connectivity index (χ3v) is 4.16. The molecule has 0 unspecified atom stereocenters. The van der Waals surface area contributed by atoms with E-state index in [4.69, 9.17) is 14.6 Å². The first-order valence-electron chi connectivity index (χ1n) is 8.40. The average molecular weight is 335 g/mol. The number of carboxylic acid groups (broad SMARTS) is 1. The van der Waals surface area contributed by atoms with Gasteiger partial charge >= 0.3 is 5.97 Å². The van der Waals surface area contributed by atoms with Crippen LogP contribution in [-0.2, 0) is 20.9 Å². The molecule has 6 heteroatoms. The van der Waals surface area contributed by atoms with Crippen molar-refractivity contribution in [1.29, 1.82) is 0 Å². The van der Waals surface area contributed by atoms with Gasteiger partial charge in [0.2, 0.25) is 0 Å². The highest BCUT2D eigenvalue weighted by atomic mass is 16.5. The summed E-state index contributed by atoms with van der Waals surface area (Å²) in [5.41, 5.74) is 1.42. The minimum Gasteiger partial charge on any atom is -0.481 e. The lowest BCUT2D eigenvalue weighted by atomic mass is 10.1. The van der Waals surface area contributed by atoms with Crippen molar-refractivity contribution in [2.24, 2.45) is 0 Å². The highest BCUT2D eigenvalue weighted by Gasteiger charge is 2.20. The molecule has 0 spiro atoms. The highest BCUT2D eigenvalue weighted by molar-refractivity contribution is 5.95. The van der Waals surface area contributed by atoms with Gasteiger partial charge in [-0.3, -0.25) is 9.59 Å². The third kappa shape index (κ3) is 5.32. The van der Waals surface area contributed by atoms with Crippen LogP contribution in [0.15, 0.2) is 24.3 Å². The molecule has 1 aliphatic heterocycles. The number of aliphatic carboxylic acids is 1. The van der Waals surface area contributed by atoms with Gasteiger partial charge in [-0.05, 0) is 31.4 Å². The second-order valence-corrected chi connectivity index (χ2v) is 5.81. The molecule has 132 valence electrons. The SMILES string of the molecule is CCN(CCC(=O)O)C(=O)c1ccccc1COC1CCOCC1. The summed E-state index contributed by atoms with van der Waals surface area (Å²) in [7, 11) is 0. The fourth-order valence-corrected chi connectivity index (χ4v) is 2.71. The molecule has 0 aliphatic carbocycles. The summed E-state index contributed by atoms with van der Waals surface area (Å²) in [6.07, 6.45) is 1.85. The Morgan fingerprint density at radius 3 is 2.67 bits per heavy atom. The molecule has 2 rings (SSSR count). The van der Waals surface area contributed by atoms with Crippen molar-refractivity contribution in [3.63, 3.8) is 0 Å². The Hall–Kier alpha value is -1.92. The summed E-state index contributed by atoms with van der Waals surface area (Å²) in [6, 6.07) is 7.36. The molecular formula is C18H25NO5. The maximum atomic E-state index is 12.7. The van der Waals surface area contributed by atoms with E-state index in [9.17, 15) is 9.59 Å². The number of carbonyl (C=O) groups is 2. The van der Waals surface area contributed by atoms with E-state index in [1.54, 1.807) is 11.0 Å². The lowest BCUT2D eigenvalue weighted by molar-refractivity contribution is -0.137. The molecule has 1 amide bonds. The van der Waals surface area contributed by atoms with Crippen LogP contribution in [0.2, 0.25) is 0 Å². The lowest BCUT2D eigenvalue weighted by Gasteiger charge is -2.24. The molecule has 24 heavy (non-hydrogen) atoms. The van der Waals surface area contributed by atoms with E-state index in [0.29, 0.717) is 31.9 Å². The zero-order chi connectivity index (χ0) is 17.4. The molecule has 1 saturated heterocycles. The number of nitrogens with zero attached hydrogens (tertiary/aromatic N) is 1. The molecule has 6 nitrogen and oxygen atoms in total. The summed E-state index contributed by atoms with van der Waals surface area (Å²) in [5.74, 6) is -1.05. The maximum absolute atomic E-state index is 12.7. The van der Waals surface area contributed by atoms with Gasteiger partial charge in [0.1, 0.15) is 0 Å². The molecule has 1 fully saturated rings. The highest BCUT2D eigenvalue weighted by Crippen LogP contribution is 2.17. The van der Waals surface area contributed by atoms with Crippen LogP contribution in [0.25, 0.3) is 0 Å². The van der Waals surface area contributed by atoms with Crippen LogP contribution in [0.3, 0.4) is 0 Å². The zero-order valence-corrected chi connectivity index (χ0v) is 14.1. The predicted octanol–water partition coefficient (Wildman–Crippen LogP) is 2.32. The van der Waals surface area contributed by atoms with Gasteiger partial charge in [-0.2, -0.15) is 0 Å². The van der Waals surface area contributed by atoms with Crippen molar-refractivity contribution in [2.75, 3.05) is 26.3 Å². The van der Waals surface area contributed by atoms with Crippen LogP contribution in [0.4, 0.5) is 0 Å². The number of hydrogen-bond acceptors (Lipinski definition) is 4. The first kappa shape index (κ1) is 18.4. The van der Waals surface area contributed by atoms with Crippen molar-refractivity contribution >= 4 is 11.9 Å². The normalized spacial score (nSPS) is 15.2. The molecular weight excluding hydrogens is 310 g/mol. The molecule has 0 radical (unpaired) electrons. The van der Waals surface area contributed by atoms with Crippen molar-refractivity contribution in [3.05, 3.63) is 35.4 Å². The molecule has 0 atom stereocenters. The predicted molar refractivity (Wildman–Crippen MR) is 88.9 cm³/mol. The largest absolute Gasteiger partial charge is 0.481 e. The minimum absolute atomic E-state index is 0.0552. The smallest absolute Gasteiger partial charge is 0.305 e. The fourth-order valence-electron chi connectivity index (χ4n) is 2.71. The van der Waals surface area contributed by atoms with Crippen molar-refractivity contribution in [1.82, 2.24) is 4.90 Å². The molecule has 1 N–H and O–H groups in total. The van der Waals surface area contributed by atoms with Gasteiger partial charge < -0.3 is 19.5 Å². The molecule has 1 aromatic carbocycles. The number of benzene rings is 1. The van der Waals surface area contributed by atoms with Crippen LogP contribution >= 0.6 is 0 Å². The number of ether oxygens (including phenoxy) is 2. The minimum atomic E-state index is -0.905. The Kier molecular flexibility index (Phi) is 7.21. The zero-order valence-electron chi connectivity index (χ0n) is 14.1.